The highest BCUT2D eigenvalue weighted by molar-refractivity contribution is 6.02. The van der Waals surface area contributed by atoms with Crippen LogP contribution in [0.2, 0.25) is 0 Å². The fourth-order valence-corrected chi connectivity index (χ4v) is 4.10. The number of fused-ring (bicyclic) bond motifs is 2. The molecule has 28 heavy (non-hydrogen) atoms. The SMILES string of the molecule is O=[N+]([O-])c1cccc([C@@H]2CC(c3c4ccccc4cc4ccccc34)N=N2)c1. The molecule has 5 nitrogen and oxygen atoms in total. The summed E-state index contributed by atoms with van der Waals surface area (Å²) < 4.78 is 0. The van der Waals surface area contributed by atoms with E-state index >= 15 is 0 Å². The molecule has 0 saturated heterocycles. The number of benzene rings is 4. The summed E-state index contributed by atoms with van der Waals surface area (Å²) in [6, 6.07) is 25.4. The molecular formula is C23H17N3O2. The van der Waals surface area contributed by atoms with Crippen LogP contribution in [0.1, 0.15) is 29.6 Å². The molecule has 0 saturated carbocycles. The van der Waals surface area contributed by atoms with E-state index in [1.165, 1.54) is 33.2 Å². The second-order valence-corrected chi connectivity index (χ2v) is 7.08. The molecule has 1 aliphatic heterocycles. The van der Waals surface area contributed by atoms with Crippen LogP contribution in [0.4, 0.5) is 5.69 Å². The number of hydrogen-bond acceptors (Lipinski definition) is 4. The van der Waals surface area contributed by atoms with Gasteiger partial charge in [0.25, 0.3) is 5.69 Å². The van der Waals surface area contributed by atoms with Crippen LogP contribution in [0.15, 0.2) is 89.1 Å². The number of nitro benzene ring substituents is 1. The molecule has 0 aromatic heterocycles. The molecule has 2 atom stereocenters. The third-order valence-corrected chi connectivity index (χ3v) is 5.40. The molecule has 0 aliphatic carbocycles. The standard InChI is InChI=1S/C23H17N3O2/c27-26(28)18-9-5-8-17(13-18)21-14-22(25-24-21)23-19-10-3-1-6-15(19)12-16-7-2-4-11-20(16)23/h1-13,21-22H,14H2/t21-,22?/m0/s1. The lowest BCUT2D eigenvalue weighted by Gasteiger charge is -2.15. The van der Waals surface area contributed by atoms with E-state index in [0.717, 1.165) is 5.56 Å². The lowest BCUT2D eigenvalue weighted by atomic mass is 9.89. The van der Waals surface area contributed by atoms with Gasteiger partial charge in [0.05, 0.1) is 17.0 Å². The highest BCUT2D eigenvalue weighted by atomic mass is 16.6. The van der Waals surface area contributed by atoms with Crippen LogP contribution in [0.5, 0.6) is 0 Å². The lowest BCUT2D eigenvalue weighted by molar-refractivity contribution is -0.384. The van der Waals surface area contributed by atoms with Crippen LogP contribution >= 0.6 is 0 Å². The van der Waals surface area contributed by atoms with Gasteiger partial charge in [-0.05, 0) is 38.7 Å². The Labute approximate surface area is 161 Å². The van der Waals surface area contributed by atoms with E-state index in [4.69, 9.17) is 0 Å². The molecule has 4 aromatic rings. The van der Waals surface area contributed by atoms with E-state index in [0.29, 0.717) is 6.42 Å². The molecule has 0 spiro atoms. The number of rotatable bonds is 3. The largest absolute Gasteiger partial charge is 0.269 e. The predicted octanol–water partition coefficient (Wildman–Crippen LogP) is 6.54. The van der Waals surface area contributed by atoms with Gasteiger partial charge in [0, 0.05) is 18.6 Å². The molecule has 0 radical (unpaired) electrons. The van der Waals surface area contributed by atoms with E-state index in [2.05, 4.69) is 40.6 Å². The minimum absolute atomic E-state index is 0.0692. The average molecular weight is 367 g/mol. The van der Waals surface area contributed by atoms with Crippen molar-refractivity contribution < 1.29 is 4.92 Å². The highest BCUT2D eigenvalue weighted by Crippen LogP contribution is 2.44. The summed E-state index contributed by atoms with van der Waals surface area (Å²) in [6.07, 6.45) is 0.708. The van der Waals surface area contributed by atoms with E-state index in [1.807, 2.05) is 30.3 Å². The second kappa shape index (κ2) is 6.53. The summed E-state index contributed by atoms with van der Waals surface area (Å²) in [5.41, 5.74) is 2.11. The normalized spacial score (nSPS) is 18.7. The number of azo groups is 1. The van der Waals surface area contributed by atoms with Crippen molar-refractivity contribution in [2.24, 2.45) is 10.2 Å². The average Bonchev–Trinajstić information content (AvgIpc) is 3.22. The first-order valence-electron chi connectivity index (χ1n) is 9.25. The summed E-state index contributed by atoms with van der Waals surface area (Å²) in [7, 11) is 0. The molecule has 0 N–H and O–H groups in total. The number of hydrogen-bond donors (Lipinski definition) is 0. The van der Waals surface area contributed by atoms with Gasteiger partial charge in [-0.2, -0.15) is 10.2 Å². The Bertz CT molecular complexity index is 1200. The van der Waals surface area contributed by atoms with Crippen LogP contribution in [0.3, 0.4) is 0 Å². The van der Waals surface area contributed by atoms with Crippen molar-refractivity contribution >= 4 is 27.2 Å². The smallest absolute Gasteiger partial charge is 0.258 e. The van der Waals surface area contributed by atoms with Crippen molar-refractivity contribution in [2.45, 2.75) is 18.5 Å². The molecule has 5 rings (SSSR count). The number of non-ortho nitro benzene ring substituents is 1. The molecule has 0 bridgehead atoms. The molecule has 5 heteroatoms. The lowest BCUT2D eigenvalue weighted by Crippen LogP contribution is -1.99. The first kappa shape index (κ1) is 16.6. The van der Waals surface area contributed by atoms with E-state index in [9.17, 15) is 10.1 Å². The van der Waals surface area contributed by atoms with E-state index in [-0.39, 0.29) is 22.7 Å². The third-order valence-electron chi connectivity index (χ3n) is 5.40. The van der Waals surface area contributed by atoms with Crippen molar-refractivity contribution in [3.8, 4) is 0 Å². The van der Waals surface area contributed by atoms with Gasteiger partial charge < -0.3 is 0 Å². The Morgan fingerprint density at radius 2 is 1.43 bits per heavy atom. The molecular weight excluding hydrogens is 350 g/mol. The van der Waals surface area contributed by atoms with Gasteiger partial charge in [-0.3, -0.25) is 10.1 Å². The van der Waals surface area contributed by atoms with Crippen LogP contribution in [0, 0.1) is 10.1 Å². The van der Waals surface area contributed by atoms with Crippen molar-refractivity contribution in [2.75, 3.05) is 0 Å². The van der Waals surface area contributed by atoms with Gasteiger partial charge in [-0.15, -0.1) is 0 Å². The zero-order valence-electron chi connectivity index (χ0n) is 15.0. The zero-order valence-corrected chi connectivity index (χ0v) is 15.0. The summed E-state index contributed by atoms with van der Waals surface area (Å²) in [5.74, 6) is 0. The first-order chi connectivity index (χ1) is 13.7. The van der Waals surface area contributed by atoms with Crippen molar-refractivity contribution in [1.82, 2.24) is 0 Å². The van der Waals surface area contributed by atoms with Gasteiger partial charge in [-0.25, -0.2) is 0 Å². The van der Waals surface area contributed by atoms with Crippen LogP contribution < -0.4 is 0 Å². The third kappa shape index (κ3) is 2.72. The van der Waals surface area contributed by atoms with Crippen molar-refractivity contribution in [1.29, 1.82) is 0 Å². The molecule has 136 valence electrons. The maximum atomic E-state index is 11.1. The Kier molecular flexibility index (Phi) is 3.86. The summed E-state index contributed by atoms with van der Waals surface area (Å²) in [6.45, 7) is 0. The zero-order chi connectivity index (χ0) is 19.1. The first-order valence-corrected chi connectivity index (χ1v) is 9.25. The minimum Gasteiger partial charge on any atom is -0.258 e. The predicted molar refractivity (Wildman–Crippen MR) is 110 cm³/mol. The van der Waals surface area contributed by atoms with Gasteiger partial charge in [0.2, 0.25) is 0 Å². The molecule has 4 aromatic carbocycles. The Hall–Kier alpha value is -3.60. The molecule has 1 heterocycles. The topological polar surface area (TPSA) is 67.9 Å². The second-order valence-electron chi connectivity index (χ2n) is 7.08. The highest BCUT2D eigenvalue weighted by Gasteiger charge is 2.28. The molecule has 1 aliphatic rings. The Morgan fingerprint density at radius 3 is 2.11 bits per heavy atom. The van der Waals surface area contributed by atoms with Gasteiger partial charge in [-0.1, -0.05) is 60.7 Å². The minimum atomic E-state index is -0.370. The fraction of sp³-hybridized carbons (Fsp3) is 0.130. The van der Waals surface area contributed by atoms with Gasteiger partial charge in [0.15, 0.2) is 0 Å². The van der Waals surface area contributed by atoms with Crippen molar-refractivity contribution in [3.05, 3.63) is 100 Å². The van der Waals surface area contributed by atoms with Crippen LogP contribution in [0.25, 0.3) is 21.5 Å². The quantitative estimate of drug-likeness (QED) is 0.234. The van der Waals surface area contributed by atoms with Crippen LogP contribution in [-0.4, -0.2) is 4.92 Å². The van der Waals surface area contributed by atoms with E-state index < -0.39 is 0 Å². The van der Waals surface area contributed by atoms with Crippen LogP contribution in [-0.2, 0) is 0 Å². The maximum Gasteiger partial charge on any atom is 0.269 e. The van der Waals surface area contributed by atoms with E-state index in [1.54, 1.807) is 12.1 Å². The summed E-state index contributed by atoms with van der Waals surface area (Å²) in [4.78, 5) is 10.7. The van der Waals surface area contributed by atoms with Gasteiger partial charge >= 0.3 is 0 Å². The number of nitrogens with zero attached hydrogens (tertiary/aromatic N) is 3. The Morgan fingerprint density at radius 1 is 0.786 bits per heavy atom. The van der Waals surface area contributed by atoms with Gasteiger partial charge in [0.1, 0.15) is 0 Å². The molecule has 1 unspecified atom stereocenters. The fourth-order valence-electron chi connectivity index (χ4n) is 4.10. The maximum absolute atomic E-state index is 11.1. The Balaban J connectivity index is 1.59. The summed E-state index contributed by atoms with van der Waals surface area (Å²) >= 11 is 0. The summed E-state index contributed by atoms with van der Waals surface area (Å²) in [5, 5.41) is 24.9. The molecule has 0 fully saturated rings. The monoisotopic (exact) mass is 367 g/mol. The van der Waals surface area contributed by atoms with Crippen molar-refractivity contribution in [3.63, 3.8) is 0 Å². The molecule has 0 amide bonds. The number of nitro groups is 1.